The molecule has 1 aromatic rings. The molecule has 0 saturated heterocycles. The Morgan fingerprint density at radius 3 is 2.36 bits per heavy atom. The minimum atomic E-state index is -0.933. The standard InChI is InChI=1S/C7H4Cl2O.C7H15N.C6H14N2O2/c8-6-2-1-5(4-10)7(9)3-6;1-8-7-5-3-2-4-6-7;7-4-2-1-3-5(8)6(9)10/h1-4H;7-8H,2-6H2,1H3;5H,1-4,7-8H2,(H,9,10)/t;;5-/m..0/s1. The number of hydrogen-bond acceptors (Lipinski definition) is 5. The SMILES string of the molecule is CNC1CCCCC1.NCCCC[C@H](N)C(=O)O.O=Cc1ccc(Cl)cc1Cl. The molecule has 2 rings (SSSR count). The number of nitrogens with one attached hydrogen (secondary N) is 1. The van der Waals surface area contributed by atoms with Gasteiger partial charge in [-0.1, -0.05) is 48.9 Å². The summed E-state index contributed by atoms with van der Waals surface area (Å²) in [5.74, 6) is -0.933. The highest BCUT2D eigenvalue weighted by molar-refractivity contribution is 6.36. The molecule has 0 amide bonds. The van der Waals surface area contributed by atoms with Crippen molar-refractivity contribution in [2.75, 3.05) is 13.6 Å². The summed E-state index contributed by atoms with van der Waals surface area (Å²) in [5, 5.41) is 12.6. The number of hydrogen-bond donors (Lipinski definition) is 4. The third kappa shape index (κ3) is 13.1. The first-order valence-corrected chi connectivity index (χ1v) is 10.4. The monoisotopic (exact) mass is 433 g/mol. The smallest absolute Gasteiger partial charge is 0.320 e. The van der Waals surface area contributed by atoms with E-state index in [2.05, 4.69) is 12.4 Å². The van der Waals surface area contributed by atoms with E-state index in [4.69, 9.17) is 39.8 Å². The van der Waals surface area contributed by atoms with Crippen molar-refractivity contribution in [2.24, 2.45) is 11.5 Å². The number of unbranched alkanes of at least 4 members (excludes halogenated alkanes) is 1. The van der Waals surface area contributed by atoms with E-state index >= 15 is 0 Å². The number of rotatable bonds is 7. The number of carbonyl (C=O) groups is 2. The maximum Gasteiger partial charge on any atom is 0.320 e. The molecule has 1 fully saturated rings. The lowest BCUT2D eigenvalue weighted by molar-refractivity contribution is -0.138. The first-order valence-electron chi connectivity index (χ1n) is 9.61. The highest BCUT2D eigenvalue weighted by atomic mass is 35.5. The molecule has 0 bridgehead atoms. The van der Waals surface area contributed by atoms with E-state index in [9.17, 15) is 9.59 Å². The fourth-order valence-corrected chi connectivity index (χ4v) is 3.07. The van der Waals surface area contributed by atoms with Gasteiger partial charge in [-0.3, -0.25) is 9.59 Å². The lowest BCUT2D eigenvalue weighted by Gasteiger charge is -2.20. The van der Waals surface area contributed by atoms with Crippen LogP contribution in [0.3, 0.4) is 0 Å². The third-order valence-electron chi connectivity index (χ3n) is 4.39. The van der Waals surface area contributed by atoms with Gasteiger partial charge in [0.05, 0.1) is 5.02 Å². The Bertz CT molecular complexity index is 568. The summed E-state index contributed by atoms with van der Waals surface area (Å²) in [6.45, 7) is 0.604. The predicted molar refractivity (Wildman–Crippen MR) is 116 cm³/mol. The molecule has 28 heavy (non-hydrogen) atoms. The number of halogens is 2. The van der Waals surface area contributed by atoms with Gasteiger partial charge in [0.15, 0.2) is 6.29 Å². The van der Waals surface area contributed by atoms with E-state index in [1.165, 1.54) is 38.2 Å². The molecule has 0 radical (unpaired) electrons. The van der Waals surface area contributed by atoms with Crippen LogP contribution in [-0.4, -0.2) is 43.0 Å². The minimum Gasteiger partial charge on any atom is -0.480 e. The van der Waals surface area contributed by atoms with Crippen LogP contribution in [-0.2, 0) is 4.79 Å². The van der Waals surface area contributed by atoms with Crippen LogP contribution >= 0.6 is 23.2 Å². The number of carboxylic acids is 1. The number of carbonyl (C=O) groups excluding carboxylic acids is 1. The van der Waals surface area contributed by atoms with E-state index in [0.717, 1.165) is 18.9 Å². The molecular formula is C20H33Cl2N3O3. The average Bonchev–Trinajstić information content (AvgIpc) is 2.69. The van der Waals surface area contributed by atoms with Crippen molar-refractivity contribution in [1.82, 2.24) is 5.32 Å². The Labute approximate surface area is 177 Å². The number of benzene rings is 1. The molecule has 0 aromatic heterocycles. The van der Waals surface area contributed by atoms with Crippen LogP contribution in [0.5, 0.6) is 0 Å². The Hall–Kier alpha value is -1.18. The molecule has 160 valence electrons. The van der Waals surface area contributed by atoms with Crippen molar-refractivity contribution >= 4 is 35.5 Å². The van der Waals surface area contributed by atoms with E-state index in [0.29, 0.717) is 34.9 Å². The van der Waals surface area contributed by atoms with Gasteiger partial charge in [0.1, 0.15) is 6.04 Å². The molecule has 6 nitrogen and oxygen atoms in total. The summed E-state index contributed by atoms with van der Waals surface area (Å²) in [5.41, 5.74) is 10.9. The zero-order valence-electron chi connectivity index (χ0n) is 16.5. The third-order valence-corrected chi connectivity index (χ3v) is 4.95. The van der Waals surface area contributed by atoms with Crippen LogP contribution in [0.4, 0.5) is 0 Å². The van der Waals surface area contributed by atoms with E-state index < -0.39 is 12.0 Å². The van der Waals surface area contributed by atoms with Crippen molar-refractivity contribution in [2.45, 2.75) is 63.5 Å². The van der Waals surface area contributed by atoms with Crippen LogP contribution in [0.25, 0.3) is 0 Å². The van der Waals surface area contributed by atoms with Crippen molar-refractivity contribution in [3.63, 3.8) is 0 Å². The Kier molecular flexibility index (Phi) is 16.0. The lowest BCUT2D eigenvalue weighted by Crippen LogP contribution is -2.29. The first kappa shape index (κ1) is 26.8. The second-order valence-corrected chi connectivity index (χ2v) is 7.48. The number of carboxylic acid groups (broad SMARTS) is 1. The summed E-state index contributed by atoms with van der Waals surface area (Å²) >= 11 is 11.2. The quantitative estimate of drug-likeness (QED) is 0.382. The summed E-state index contributed by atoms with van der Waals surface area (Å²) in [6, 6.07) is 4.86. The maximum atomic E-state index is 10.2. The topological polar surface area (TPSA) is 118 Å². The minimum absolute atomic E-state index is 0.391. The first-order chi connectivity index (χ1) is 13.3. The summed E-state index contributed by atoms with van der Waals surface area (Å²) < 4.78 is 0. The van der Waals surface area contributed by atoms with Gasteiger partial charge < -0.3 is 21.9 Å². The lowest BCUT2D eigenvalue weighted by atomic mass is 9.96. The van der Waals surface area contributed by atoms with Gasteiger partial charge >= 0.3 is 5.97 Å². The van der Waals surface area contributed by atoms with Gasteiger partial charge in [-0.05, 0) is 57.5 Å². The highest BCUT2D eigenvalue weighted by Crippen LogP contribution is 2.19. The van der Waals surface area contributed by atoms with Crippen LogP contribution in [0.2, 0.25) is 10.0 Å². The van der Waals surface area contributed by atoms with Gasteiger partial charge in [-0.25, -0.2) is 0 Å². The predicted octanol–water partition coefficient (Wildman–Crippen LogP) is 3.87. The Morgan fingerprint density at radius 2 is 1.93 bits per heavy atom. The molecule has 0 heterocycles. The molecule has 1 aromatic carbocycles. The number of nitrogens with two attached hydrogens (primary N) is 2. The maximum absolute atomic E-state index is 10.2. The van der Waals surface area contributed by atoms with Crippen molar-refractivity contribution in [3.8, 4) is 0 Å². The fourth-order valence-electron chi connectivity index (χ4n) is 2.62. The Morgan fingerprint density at radius 1 is 1.29 bits per heavy atom. The van der Waals surface area contributed by atoms with Crippen molar-refractivity contribution < 1.29 is 14.7 Å². The van der Waals surface area contributed by atoms with Gasteiger partial charge in [-0.15, -0.1) is 0 Å². The molecular weight excluding hydrogens is 401 g/mol. The largest absolute Gasteiger partial charge is 0.480 e. The molecule has 0 unspecified atom stereocenters. The molecule has 1 atom stereocenters. The van der Waals surface area contributed by atoms with Gasteiger partial charge in [0.25, 0.3) is 0 Å². The fraction of sp³-hybridized carbons (Fsp3) is 0.600. The average molecular weight is 434 g/mol. The zero-order chi connectivity index (χ0) is 21.4. The van der Waals surface area contributed by atoms with Crippen LogP contribution in [0, 0.1) is 0 Å². The van der Waals surface area contributed by atoms with Gasteiger partial charge in [0, 0.05) is 16.6 Å². The number of aldehydes is 1. The molecule has 8 heteroatoms. The summed E-state index contributed by atoms with van der Waals surface area (Å²) in [4.78, 5) is 20.3. The second-order valence-electron chi connectivity index (χ2n) is 6.64. The summed E-state index contributed by atoms with van der Waals surface area (Å²) in [6.07, 6.45) is 9.98. The van der Waals surface area contributed by atoms with Crippen molar-refractivity contribution in [3.05, 3.63) is 33.8 Å². The van der Waals surface area contributed by atoms with Crippen LogP contribution < -0.4 is 16.8 Å². The summed E-state index contributed by atoms with van der Waals surface area (Å²) in [7, 11) is 2.07. The highest BCUT2D eigenvalue weighted by Gasteiger charge is 2.09. The molecule has 6 N–H and O–H groups in total. The molecule has 1 saturated carbocycles. The Balaban J connectivity index is 0.000000393. The molecule has 1 aliphatic carbocycles. The van der Waals surface area contributed by atoms with E-state index in [-0.39, 0.29) is 0 Å². The van der Waals surface area contributed by atoms with Gasteiger partial charge in [-0.2, -0.15) is 0 Å². The second kappa shape index (κ2) is 16.7. The molecule has 0 spiro atoms. The normalized spacial score (nSPS) is 14.8. The molecule has 0 aliphatic heterocycles. The van der Waals surface area contributed by atoms with Crippen molar-refractivity contribution in [1.29, 1.82) is 0 Å². The molecule has 1 aliphatic rings. The van der Waals surface area contributed by atoms with Crippen LogP contribution in [0.1, 0.15) is 61.7 Å². The van der Waals surface area contributed by atoms with E-state index in [1.807, 2.05) is 0 Å². The van der Waals surface area contributed by atoms with E-state index in [1.54, 1.807) is 12.1 Å². The van der Waals surface area contributed by atoms with Crippen LogP contribution in [0.15, 0.2) is 18.2 Å². The number of aliphatic carboxylic acids is 1. The van der Waals surface area contributed by atoms with Gasteiger partial charge in [0.2, 0.25) is 0 Å². The zero-order valence-corrected chi connectivity index (χ0v) is 18.0.